The summed E-state index contributed by atoms with van der Waals surface area (Å²) < 4.78 is 26.1. The smallest absolute Gasteiger partial charge is 0.244 e. The average molecular weight is 514 g/mol. The summed E-state index contributed by atoms with van der Waals surface area (Å²) >= 11 is 12.3. The maximum absolute atomic E-state index is 13.4. The number of nitrogens with zero attached hydrogens (tertiary/aromatic N) is 2. The number of hydrogen-bond donors (Lipinski definition) is 1. The monoisotopic (exact) mass is 513 g/mol. The molecule has 0 bridgehead atoms. The number of carbonyl (C=O) groups is 2. The van der Waals surface area contributed by atoms with Crippen molar-refractivity contribution in [2.45, 2.75) is 46.3 Å². The van der Waals surface area contributed by atoms with Gasteiger partial charge in [0.15, 0.2) is 0 Å². The molecule has 180 valence electrons. The lowest BCUT2D eigenvalue weighted by atomic mass is 10.1. The number of hydrogen-bond acceptors (Lipinski definition) is 4. The molecule has 1 atom stereocenters. The van der Waals surface area contributed by atoms with Crippen LogP contribution in [0.5, 0.6) is 0 Å². The number of benzene rings is 2. The second-order valence-corrected chi connectivity index (χ2v) is 11.0. The highest BCUT2D eigenvalue weighted by atomic mass is 35.5. The van der Waals surface area contributed by atoms with Crippen LogP contribution in [0, 0.1) is 6.92 Å². The Labute approximate surface area is 205 Å². The maximum Gasteiger partial charge on any atom is 0.244 e. The third kappa shape index (κ3) is 7.62. The minimum Gasteiger partial charge on any atom is -0.352 e. The summed E-state index contributed by atoms with van der Waals surface area (Å²) in [5.74, 6) is -0.900. The van der Waals surface area contributed by atoms with Crippen molar-refractivity contribution in [2.24, 2.45) is 0 Å². The molecule has 1 unspecified atom stereocenters. The summed E-state index contributed by atoms with van der Waals surface area (Å²) in [6.07, 6.45) is 1.04. The van der Waals surface area contributed by atoms with E-state index >= 15 is 0 Å². The minimum atomic E-state index is -3.77. The Kier molecular flexibility index (Phi) is 9.17. The van der Waals surface area contributed by atoms with E-state index in [1.54, 1.807) is 49.4 Å². The third-order valence-corrected chi connectivity index (χ3v) is 6.68. The quantitative estimate of drug-likeness (QED) is 0.548. The Balaban J connectivity index is 2.41. The van der Waals surface area contributed by atoms with Crippen LogP contribution >= 0.6 is 23.2 Å². The molecule has 0 aliphatic rings. The second kappa shape index (κ2) is 11.2. The first kappa shape index (κ1) is 27.0. The number of sulfonamides is 1. The molecule has 0 saturated carbocycles. The zero-order valence-corrected chi connectivity index (χ0v) is 21.6. The molecule has 2 aromatic rings. The fourth-order valence-corrected chi connectivity index (χ4v) is 4.46. The van der Waals surface area contributed by atoms with Gasteiger partial charge in [-0.3, -0.25) is 13.9 Å². The fourth-order valence-electron chi connectivity index (χ4n) is 3.15. The van der Waals surface area contributed by atoms with Gasteiger partial charge < -0.3 is 10.2 Å². The first-order chi connectivity index (χ1) is 15.3. The highest BCUT2D eigenvalue weighted by Gasteiger charge is 2.30. The zero-order chi connectivity index (χ0) is 24.9. The van der Waals surface area contributed by atoms with Gasteiger partial charge in [-0.15, -0.1) is 0 Å². The fraction of sp³-hybridized carbons (Fsp3) is 0.391. The standard InChI is InChI=1S/C23H29Cl2N3O4S/c1-15(2)26-23(30)17(4)27(13-18-8-9-19(24)12-21(18)25)22(29)14-28(33(5,31)32)20-10-6-16(3)7-11-20/h6-12,15,17H,13-14H2,1-5H3,(H,26,30). The van der Waals surface area contributed by atoms with Gasteiger partial charge in [0.1, 0.15) is 12.6 Å². The van der Waals surface area contributed by atoms with E-state index in [1.807, 2.05) is 20.8 Å². The van der Waals surface area contributed by atoms with Gasteiger partial charge in [0.05, 0.1) is 11.9 Å². The lowest BCUT2D eigenvalue weighted by Gasteiger charge is -2.32. The summed E-state index contributed by atoms with van der Waals surface area (Å²) in [5.41, 5.74) is 1.90. The summed E-state index contributed by atoms with van der Waals surface area (Å²) in [7, 11) is -3.77. The van der Waals surface area contributed by atoms with Crippen molar-refractivity contribution >= 4 is 50.7 Å². The lowest BCUT2D eigenvalue weighted by molar-refractivity contribution is -0.139. The van der Waals surface area contributed by atoms with Gasteiger partial charge in [0.25, 0.3) is 0 Å². The van der Waals surface area contributed by atoms with Gasteiger partial charge in [-0.1, -0.05) is 47.0 Å². The van der Waals surface area contributed by atoms with Gasteiger partial charge in [-0.05, 0) is 57.5 Å². The van der Waals surface area contributed by atoms with E-state index in [2.05, 4.69) is 5.32 Å². The van der Waals surface area contributed by atoms with E-state index in [0.717, 1.165) is 16.1 Å². The molecule has 0 spiro atoms. The van der Waals surface area contributed by atoms with Gasteiger partial charge in [-0.25, -0.2) is 8.42 Å². The predicted octanol–water partition coefficient (Wildman–Crippen LogP) is 4.01. The van der Waals surface area contributed by atoms with E-state index in [0.29, 0.717) is 21.3 Å². The molecule has 0 fully saturated rings. The number of amides is 2. The van der Waals surface area contributed by atoms with Crippen molar-refractivity contribution < 1.29 is 18.0 Å². The van der Waals surface area contributed by atoms with E-state index < -0.39 is 28.5 Å². The van der Waals surface area contributed by atoms with E-state index in [4.69, 9.17) is 23.2 Å². The molecular formula is C23H29Cl2N3O4S. The molecule has 0 radical (unpaired) electrons. The Hall–Kier alpha value is -2.29. The molecule has 0 aliphatic heterocycles. The lowest BCUT2D eigenvalue weighted by Crippen LogP contribution is -2.52. The SMILES string of the molecule is Cc1ccc(N(CC(=O)N(Cc2ccc(Cl)cc2Cl)C(C)C(=O)NC(C)C)S(C)(=O)=O)cc1. The topological polar surface area (TPSA) is 86.8 Å². The number of aryl methyl sites for hydroxylation is 1. The summed E-state index contributed by atoms with van der Waals surface area (Å²) in [6.45, 7) is 6.65. The predicted molar refractivity (Wildman–Crippen MR) is 133 cm³/mol. The number of rotatable bonds is 9. The maximum atomic E-state index is 13.4. The van der Waals surface area contributed by atoms with Crippen molar-refractivity contribution in [1.82, 2.24) is 10.2 Å². The van der Waals surface area contributed by atoms with Gasteiger partial charge in [0, 0.05) is 22.6 Å². The highest BCUT2D eigenvalue weighted by Crippen LogP contribution is 2.24. The Morgan fingerprint density at radius 1 is 1.03 bits per heavy atom. The van der Waals surface area contributed by atoms with Crippen molar-refractivity contribution in [3.05, 3.63) is 63.6 Å². The van der Waals surface area contributed by atoms with Crippen LogP contribution in [0.2, 0.25) is 10.0 Å². The van der Waals surface area contributed by atoms with Gasteiger partial charge in [0.2, 0.25) is 21.8 Å². The Bertz CT molecular complexity index is 1110. The average Bonchev–Trinajstić information content (AvgIpc) is 2.70. The van der Waals surface area contributed by atoms with E-state index in [-0.39, 0.29) is 18.5 Å². The Morgan fingerprint density at radius 2 is 1.64 bits per heavy atom. The van der Waals surface area contributed by atoms with E-state index in [9.17, 15) is 18.0 Å². The zero-order valence-electron chi connectivity index (χ0n) is 19.3. The minimum absolute atomic E-state index is 0.00696. The number of nitrogens with one attached hydrogen (secondary N) is 1. The Morgan fingerprint density at radius 3 is 2.15 bits per heavy atom. The highest BCUT2D eigenvalue weighted by molar-refractivity contribution is 7.92. The molecule has 0 aromatic heterocycles. The molecule has 1 N–H and O–H groups in total. The number of anilines is 1. The molecular weight excluding hydrogens is 485 g/mol. The van der Waals surface area contributed by atoms with Crippen LogP contribution in [0.4, 0.5) is 5.69 Å². The van der Waals surface area contributed by atoms with Crippen molar-refractivity contribution in [3.63, 3.8) is 0 Å². The van der Waals surface area contributed by atoms with Crippen LogP contribution in [-0.2, 0) is 26.2 Å². The second-order valence-electron chi connectivity index (χ2n) is 8.20. The normalized spacial score (nSPS) is 12.4. The molecule has 2 amide bonds. The summed E-state index contributed by atoms with van der Waals surface area (Å²) in [6, 6.07) is 10.7. The molecule has 0 aliphatic carbocycles. The summed E-state index contributed by atoms with van der Waals surface area (Å²) in [4.78, 5) is 27.5. The van der Waals surface area contributed by atoms with Crippen LogP contribution in [-0.4, -0.2) is 50.0 Å². The first-order valence-electron chi connectivity index (χ1n) is 10.4. The van der Waals surface area contributed by atoms with Crippen LogP contribution in [0.15, 0.2) is 42.5 Å². The third-order valence-electron chi connectivity index (χ3n) is 4.96. The van der Waals surface area contributed by atoms with Crippen LogP contribution in [0.25, 0.3) is 0 Å². The van der Waals surface area contributed by atoms with Crippen LogP contribution < -0.4 is 9.62 Å². The molecule has 10 heteroatoms. The largest absolute Gasteiger partial charge is 0.352 e. The van der Waals surface area contributed by atoms with E-state index in [1.165, 1.54) is 4.90 Å². The van der Waals surface area contributed by atoms with Crippen LogP contribution in [0.1, 0.15) is 31.9 Å². The van der Waals surface area contributed by atoms with Crippen molar-refractivity contribution in [3.8, 4) is 0 Å². The molecule has 2 aromatic carbocycles. The molecule has 0 heterocycles. The van der Waals surface area contributed by atoms with Crippen molar-refractivity contribution in [1.29, 1.82) is 0 Å². The molecule has 33 heavy (non-hydrogen) atoms. The molecule has 7 nitrogen and oxygen atoms in total. The molecule has 2 rings (SSSR count). The van der Waals surface area contributed by atoms with Crippen LogP contribution in [0.3, 0.4) is 0 Å². The number of carbonyl (C=O) groups excluding carboxylic acids is 2. The first-order valence-corrected chi connectivity index (χ1v) is 13.0. The number of halogens is 2. The van der Waals surface area contributed by atoms with Gasteiger partial charge >= 0.3 is 0 Å². The molecule has 0 saturated heterocycles. The van der Waals surface area contributed by atoms with Crippen molar-refractivity contribution in [2.75, 3.05) is 17.1 Å². The summed E-state index contributed by atoms with van der Waals surface area (Å²) in [5, 5.41) is 3.57. The van der Waals surface area contributed by atoms with Gasteiger partial charge in [-0.2, -0.15) is 0 Å².